The van der Waals surface area contributed by atoms with Gasteiger partial charge in [0.15, 0.2) is 5.60 Å². The van der Waals surface area contributed by atoms with E-state index in [0.717, 1.165) is 5.82 Å². The summed E-state index contributed by atoms with van der Waals surface area (Å²) in [6, 6.07) is 18.0. The number of nitrogens with one attached hydrogen (secondary N) is 1. The van der Waals surface area contributed by atoms with Crippen LogP contribution in [0.15, 0.2) is 73.1 Å². The highest BCUT2D eigenvalue weighted by Crippen LogP contribution is 2.29. The van der Waals surface area contributed by atoms with Crippen LogP contribution >= 0.6 is 0 Å². The van der Waals surface area contributed by atoms with Crippen LogP contribution in [0.3, 0.4) is 0 Å². The molecule has 5 nitrogen and oxygen atoms in total. The maximum Gasteiger partial charge on any atom is 0.261 e. The van der Waals surface area contributed by atoms with Crippen molar-refractivity contribution < 1.29 is 9.90 Å². The zero-order valence-corrected chi connectivity index (χ0v) is 15.7. The Morgan fingerprint density at radius 2 is 1.63 bits per heavy atom. The third-order valence-corrected chi connectivity index (χ3v) is 4.61. The van der Waals surface area contributed by atoms with Gasteiger partial charge in [-0.2, -0.15) is 0 Å². The van der Waals surface area contributed by atoms with E-state index in [9.17, 15) is 9.90 Å². The molecule has 0 bridgehead atoms. The minimum absolute atomic E-state index is 0.307. The third kappa shape index (κ3) is 3.93. The van der Waals surface area contributed by atoms with Crippen molar-refractivity contribution in [1.82, 2.24) is 14.9 Å². The maximum atomic E-state index is 13.0. The number of hydrogen-bond acceptors (Lipinski definition) is 3. The lowest BCUT2D eigenvalue weighted by Crippen LogP contribution is -2.46. The SMILES string of the molecule is CC(C)c1nccn1CCNC(=O)C(O)(c1ccccc1)c1ccccc1. The lowest BCUT2D eigenvalue weighted by Gasteiger charge is -2.28. The van der Waals surface area contributed by atoms with Crippen LogP contribution in [-0.4, -0.2) is 27.1 Å². The molecule has 1 amide bonds. The summed E-state index contributed by atoms with van der Waals surface area (Å²) in [5, 5.41) is 14.3. The van der Waals surface area contributed by atoms with Gasteiger partial charge in [0, 0.05) is 31.4 Å². The molecule has 0 spiro atoms. The molecule has 0 unspecified atom stereocenters. The number of benzene rings is 2. The first-order chi connectivity index (χ1) is 13.0. The molecule has 27 heavy (non-hydrogen) atoms. The second-order valence-corrected chi connectivity index (χ2v) is 6.83. The molecule has 1 aromatic heterocycles. The van der Waals surface area contributed by atoms with Crippen LogP contribution in [0.25, 0.3) is 0 Å². The van der Waals surface area contributed by atoms with E-state index in [1.165, 1.54) is 0 Å². The number of carbonyl (C=O) groups excluding carboxylic acids is 1. The Morgan fingerprint density at radius 3 is 2.15 bits per heavy atom. The molecule has 2 N–H and O–H groups in total. The number of aromatic nitrogens is 2. The van der Waals surface area contributed by atoms with Gasteiger partial charge < -0.3 is 15.0 Å². The Bertz CT molecular complexity index is 833. The molecule has 0 aliphatic rings. The number of imidazole rings is 1. The van der Waals surface area contributed by atoms with Gasteiger partial charge in [-0.1, -0.05) is 74.5 Å². The fraction of sp³-hybridized carbons (Fsp3) is 0.273. The monoisotopic (exact) mass is 363 g/mol. The van der Waals surface area contributed by atoms with Crippen molar-refractivity contribution in [2.24, 2.45) is 0 Å². The van der Waals surface area contributed by atoms with E-state index in [1.807, 2.05) is 47.2 Å². The fourth-order valence-corrected chi connectivity index (χ4v) is 3.22. The normalized spacial score (nSPS) is 11.6. The summed E-state index contributed by atoms with van der Waals surface area (Å²) in [5.74, 6) is 0.845. The van der Waals surface area contributed by atoms with Crippen LogP contribution in [0, 0.1) is 0 Å². The van der Waals surface area contributed by atoms with Crippen molar-refractivity contribution in [2.75, 3.05) is 6.54 Å². The average molecular weight is 363 g/mol. The van der Waals surface area contributed by atoms with Gasteiger partial charge in [0.1, 0.15) is 5.82 Å². The number of hydrogen-bond donors (Lipinski definition) is 2. The summed E-state index contributed by atoms with van der Waals surface area (Å²) in [5.41, 5.74) is -0.656. The van der Waals surface area contributed by atoms with E-state index in [1.54, 1.807) is 30.5 Å². The first-order valence-corrected chi connectivity index (χ1v) is 9.16. The molecule has 140 valence electrons. The molecule has 5 heteroatoms. The second kappa shape index (κ2) is 8.18. The van der Waals surface area contributed by atoms with Crippen LogP contribution in [0.1, 0.15) is 36.7 Å². The summed E-state index contributed by atoms with van der Waals surface area (Å²) < 4.78 is 2.02. The molecular weight excluding hydrogens is 338 g/mol. The minimum atomic E-state index is -1.74. The van der Waals surface area contributed by atoms with Gasteiger partial charge in [-0.05, 0) is 11.1 Å². The highest BCUT2D eigenvalue weighted by molar-refractivity contribution is 5.90. The van der Waals surface area contributed by atoms with Gasteiger partial charge in [-0.25, -0.2) is 4.98 Å². The Labute approximate surface area is 159 Å². The number of amides is 1. The summed E-state index contributed by atoms with van der Waals surface area (Å²) in [4.78, 5) is 17.4. The van der Waals surface area contributed by atoms with Crippen molar-refractivity contribution in [2.45, 2.75) is 31.9 Å². The zero-order valence-electron chi connectivity index (χ0n) is 15.7. The highest BCUT2D eigenvalue weighted by atomic mass is 16.3. The average Bonchev–Trinajstić information content (AvgIpc) is 3.17. The van der Waals surface area contributed by atoms with Crippen LogP contribution < -0.4 is 5.32 Å². The minimum Gasteiger partial charge on any atom is -0.372 e. The predicted molar refractivity (Wildman–Crippen MR) is 105 cm³/mol. The summed E-state index contributed by atoms with van der Waals surface area (Å²) in [7, 11) is 0. The number of rotatable bonds is 7. The number of aliphatic hydroxyl groups is 1. The maximum absolute atomic E-state index is 13.0. The first-order valence-electron chi connectivity index (χ1n) is 9.16. The van der Waals surface area contributed by atoms with E-state index in [0.29, 0.717) is 30.1 Å². The van der Waals surface area contributed by atoms with Gasteiger partial charge in [0.2, 0.25) is 0 Å². The Balaban J connectivity index is 1.79. The molecular formula is C22H25N3O2. The number of nitrogens with zero attached hydrogens (tertiary/aromatic N) is 2. The molecule has 0 saturated carbocycles. The molecule has 3 rings (SSSR count). The Kier molecular flexibility index (Phi) is 5.72. The van der Waals surface area contributed by atoms with E-state index >= 15 is 0 Å². The first kappa shape index (κ1) is 18.9. The topological polar surface area (TPSA) is 67.2 Å². The Morgan fingerprint density at radius 1 is 1.07 bits per heavy atom. The lowest BCUT2D eigenvalue weighted by atomic mass is 9.85. The van der Waals surface area contributed by atoms with Gasteiger partial charge in [-0.3, -0.25) is 4.79 Å². The van der Waals surface area contributed by atoms with Gasteiger partial charge in [0.05, 0.1) is 0 Å². The van der Waals surface area contributed by atoms with E-state index in [2.05, 4.69) is 24.1 Å². The summed E-state index contributed by atoms with van der Waals surface area (Å²) in [6.45, 7) is 5.16. The van der Waals surface area contributed by atoms with Crippen LogP contribution in [0.4, 0.5) is 0 Å². The number of carbonyl (C=O) groups is 1. The zero-order chi connectivity index (χ0) is 19.3. The highest BCUT2D eigenvalue weighted by Gasteiger charge is 2.39. The second-order valence-electron chi connectivity index (χ2n) is 6.83. The van der Waals surface area contributed by atoms with Crippen molar-refractivity contribution in [3.05, 3.63) is 90.0 Å². The lowest BCUT2D eigenvalue weighted by molar-refractivity contribution is -0.136. The molecule has 3 aromatic rings. The fourth-order valence-electron chi connectivity index (χ4n) is 3.22. The van der Waals surface area contributed by atoms with Crippen LogP contribution in [0.2, 0.25) is 0 Å². The molecule has 0 radical (unpaired) electrons. The van der Waals surface area contributed by atoms with Gasteiger partial charge in [-0.15, -0.1) is 0 Å². The van der Waals surface area contributed by atoms with E-state index in [4.69, 9.17) is 0 Å². The van der Waals surface area contributed by atoms with Crippen molar-refractivity contribution in [3.63, 3.8) is 0 Å². The quantitative estimate of drug-likeness (QED) is 0.678. The predicted octanol–water partition coefficient (Wildman–Crippen LogP) is 3.06. The summed E-state index contributed by atoms with van der Waals surface area (Å²) in [6.07, 6.45) is 3.67. The van der Waals surface area contributed by atoms with Crippen molar-refractivity contribution in [1.29, 1.82) is 0 Å². The van der Waals surface area contributed by atoms with Gasteiger partial charge >= 0.3 is 0 Å². The van der Waals surface area contributed by atoms with E-state index < -0.39 is 11.5 Å². The van der Waals surface area contributed by atoms with Gasteiger partial charge in [0.25, 0.3) is 5.91 Å². The molecule has 0 aliphatic carbocycles. The standard InChI is InChI=1S/C22H25N3O2/c1-17(2)20-23-13-15-25(20)16-14-24-21(26)22(27,18-9-5-3-6-10-18)19-11-7-4-8-12-19/h3-13,15,17,27H,14,16H2,1-2H3,(H,24,26). The van der Waals surface area contributed by atoms with E-state index in [-0.39, 0.29) is 0 Å². The molecule has 0 saturated heterocycles. The van der Waals surface area contributed by atoms with Crippen molar-refractivity contribution in [3.8, 4) is 0 Å². The molecule has 0 aliphatic heterocycles. The summed E-state index contributed by atoms with van der Waals surface area (Å²) >= 11 is 0. The third-order valence-electron chi connectivity index (χ3n) is 4.61. The van der Waals surface area contributed by atoms with Crippen LogP contribution in [-0.2, 0) is 16.9 Å². The molecule has 2 aromatic carbocycles. The smallest absolute Gasteiger partial charge is 0.261 e. The molecule has 0 atom stereocenters. The Hall–Kier alpha value is -2.92. The largest absolute Gasteiger partial charge is 0.372 e. The molecule has 0 fully saturated rings. The molecule has 1 heterocycles. The van der Waals surface area contributed by atoms with Crippen LogP contribution in [0.5, 0.6) is 0 Å². The van der Waals surface area contributed by atoms with Crippen molar-refractivity contribution >= 4 is 5.91 Å².